The van der Waals surface area contributed by atoms with Crippen LogP contribution in [0.5, 0.6) is 0 Å². The lowest BCUT2D eigenvalue weighted by atomic mass is 10.1. The largest absolute Gasteiger partial charge is 0.332 e. The van der Waals surface area contributed by atoms with Crippen LogP contribution in [-0.2, 0) is 11.3 Å². The molecule has 1 fully saturated rings. The van der Waals surface area contributed by atoms with Crippen molar-refractivity contribution >= 4 is 16.9 Å². The van der Waals surface area contributed by atoms with Crippen LogP contribution >= 0.6 is 0 Å². The lowest BCUT2D eigenvalue weighted by Gasteiger charge is -2.24. The van der Waals surface area contributed by atoms with Crippen LogP contribution in [0.25, 0.3) is 11.0 Å². The number of hydrogen-bond acceptors (Lipinski definition) is 4. The number of amides is 1. The molecule has 6 heteroatoms. The molecule has 1 amide bonds. The van der Waals surface area contributed by atoms with Crippen molar-refractivity contribution in [1.82, 2.24) is 24.4 Å². The minimum Gasteiger partial charge on any atom is -0.332 e. The monoisotopic (exact) mass is 321 g/mol. The van der Waals surface area contributed by atoms with Crippen molar-refractivity contribution in [3.63, 3.8) is 0 Å². The second-order valence-corrected chi connectivity index (χ2v) is 6.11. The summed E-state index contributed by atoms with van der Waals surface area (Å²) in [7, 11) is 0. The number of fused-ring (bicyclic) bond motifs is 1. The van der Waals surface area contributed by atoms with Gasteiger partial charge in [-0.15, -0.1) is 0 Å². The van der Waals surface area contributed by atoms with Gasteiger partial charge in [0.25, 0.3) is 0 Å². The molecule has 0 radical (unpaired) electrons. The molecule has 3 aromatic rings. The Morgan fingerprint density at radius 3 is 3.00 bits per heavy atom. The number of hydrogen-bond donors (Lipinski definition) is 0. The Morgan fingerprint density at radius 2 is 2.17 bits per heavy atom. The van der Waals surface area contributed by atoms with Gasteiger partial charge < -0.3 is 9.47 Å². The summed E-state index contributed by atoms with van der Waals surface area (Å²) in [5.41, 5.74) is 2.80. The van der Waals surface area contributed by atoms with Gasteiger partial charge in [-0.05, 0) is 31.9 Å². The molecule has 0 spiro atoms. The van der Waals surface area contributed by atoms with Gasteiger partial charge in [-0.3, -0.25) is 14.8 Å². The Morgan fingerprint density at radius 1 is 1.29 bits per heavy atom. The number of para-hydroxylation sites is 2. The lowest BCUT2D eigenvalue weighted by molar-refractivity contribution is -0.132. The minimum absolute atomic E-state index is 0.0290. The Balaban J connectivity index is 1.60. The first kappa shape index (κ1) is 14.8. The van der Waals surface area contributed by atoms with E-state index in [0.717, 1.165) is 41.9 Å². The third kappa shape index (κ3) is 2.54. The van der Waals surface area contributed by atoms with Crippen molar-refractivity contribution in [2.75, 3.05) is 6.54 Å². The van der Waals surface area contributed by atoms with Crippen LogP contribution in [0.3, 0.4) is 0 Å². The molecule has 1 atom stereocenters. The topological polar surface area (TPSA) is 63.9 Å². The fourth-order valence-corrected chi connectivity index (χ4v) is 3.48. The maximum Gasteiger partial charge on any atom is 0.243 e. The van der Waals surface area contributed by atoms with Crippen molar-refractivity contribution in [1.29, 1.82) is 0 Å². The highest BCUT2D eigenvalue weighted by atomic mass is 16.2. The predicted molar refractivity (Wildman–Crippen MR) is 90.2 cm³/mol. The first-order chi connectivity index (χ1) is 11.7. The van der Waals surface area contributed by atoms with E-state index in [1.165, 1.54) is 0 Å². The summed E-state index contributed by atoms with van der Waals surface area (Å²) < 4.78 is 1.99. The fourth-order valence-electron chi connectivity index (χ4n) is 3.48. The maximum atomic E-state index is 12.9. The summed E-state index contributed by atoms with van der Waals surface area (Å²) in [6.45, 7) is 3.02. The summed E-state index contributed by atoms with van der Waals surface area (Å²) in [5, 5.41) is 0. The van der Waals surface area contributed by atoms with Crippen LogP contribution in [0.15, 0.2) is 42.9 Å². The second kappa shape index (κ2) is 6.03. The third-order valence-electron chi connectivity index (χ3n) is 4.64. The number of carbonyl (C=O) groups excluding carboxylic acids is 1. The van der Waals surface area contributed by atoms with Crippen LogP contribution in [0.2, 0.25) is 0 Å². The smallest absolute Gasteiger partial charge is 0.243 e. The molecule has 1 saturated heterocycles. The van der Waals surface area contributed by atoms with Gasteiger partial charge in [0.15, 0.2) is 0 Å². The van der Waals surface area contributed by atoms with Crippen LogP contribution < -0.4 is 0 Å². The second-order valence-electron chi connectivity index (χ2n) is 6.11. The normalized spacial score (nSPS) is 17.5. The number of benzene rings is 1. The average Bonchev–Trinajstić information content (AvgIpc) is 3.21. The molecule has 24 heavy (non-hydrogen) atoms. The zero-order valence-corrected chi connectivity index (χ0v) is 13.6. The summed E-state index contributed by atoms with van der Waals surface area (Å²) in [6.07, 6.45) is 7.04. The van der Waals surface area contributed by atoms with E-state index in [0.29, 0.717) is 6.54 Å². The molecule has 122 valence electrons. The zero-order valence-electron chi connectivity index (χ0n) is 13.6. The van der Waals surface area contributed by atoms with E-state index >= 15 is 0 Å². The van der Waals surface area contributed by atoms with Crippen molar-refractivity contribution in [2.45, 2.75) is 32.4 Å². The maximum absolute atomic E-state index is 12.9. The standard InChI is InChI=1S/C18H19N5O/c1-13-21-14-5-2-3-6-16(14)23(13)12-18(24)22-10-4-7-17(22)15-11-19-8-9-20-15/h2-3,5-6,8-9,11,17H,4,7,10,12H2,1H3. The van der Waals surface area contributed by atoms with E-state index in [-0.39, 0.29) is 11.9 Å². The van der Waals surface area contributed by atoms with E-state index in [1.807, 2.05) is 40.7 Å². The van der Waals surface area contributed by atoms with Crippen LogP contribution in [0.1, 0.15) is 30.4 Å². The number of imidazole rings is 1. The molecule has 0 N–H and O–H groups in total. The first-order valence-electron chi connectivity index (χ1n) is 8.21. The predicted octanol–water partition coefficient (Wildman–Crippen LogP) is 2.50. The number of rotatable bonds is 3. The molecule has 1 aliphatic heterocycles. The molecule has 6 nitrogen and oxygen atoms in total. The van der Waals surface area contributed by atoms with Gasteiger partial charge in [0.1, 0.15) is 12.4 Å². The van der Waals surface area contributed by atoms with Gasteiger partial charge in [-0.2, -0.15) is 0 Å². The van der Waals surface area contributed by atoms with Crippen LogP contribution in [-0.4, -0.2) is 36.9 Å². The van der Waals surface area contributed by atoms with E-state index in [2.05, 4.69) is 15.0 Å². The Bertz CT molecular complexity index is 874. The van der Waals surface area contributed by atoms with E-state index in [1.54, 1.807) is 18.6 Å². The van der Waals surface area contributed by atoms with Crippen molar-refractivity contribution in [3.8, 4) is 0 Å². The summed E-state index contributed by atoms with van der Waals surface area (Å²) in [6, 6.07) is 7.95. The highest BCUT2D eigenvalue weighted by Gasteiger charge is 2.31. The molecular formula is C18H19N5O. The fraction of sp³-hybridized carbons (Fsp3) is 0.333. The van der Waals surface area contributed by atoms with Crippen molar-refractivity contribution in [3.05, 3.63) is 54.4 Å². The summed E-state index contributed by atoms with van der Waals surface area (Å²) >= 11 is 0. The van der Waals surface area contributed by atoms with Gasteiger partial charge >= 0.3 is 0 Å². The van der Waals surface area contributed by atoms with Crippen molar-refractivity contribution in [2.24, 2.45) is 0 Å². The Hall–Kier alpha value is -2.76. The van der Waals surface area contributed by atoms with Gasteiger partial charge in [0.2, 0.25) is 5.91 Å². The summed E-state index contributed by atoms with van der Waals surface area (Å²) in [4.78, 5) is 27.9. The summed E-state index contributed by atoms with van der Waals surface area (Å²) in [5.74, 6) is 0.967. The molecule has 1 aliphatic rings. The zero-order chi connectivity index (χ0) is 16.5. The molecule has 0 bridgehead atoms. The van der Waals surface area contributed by atoms with Gasteiger partial charge in [0.05, 0.1) is 29.0 Å². The molecule has 2 aromatic heterocycles. The number of likely N-dealkylation sites (tertiary alicyclic amines) is 1. The van der Waals surface area contributed by atoms with Crippen LogP contribution in [0, 0.1) is 6.92 Å². The highest BCUT2D eigenvalue weighted by Crippen LogP contribution is 2.30. The quantitative estimate of drug-likeness (QED) is 0.743. The van der Waals surface area contributed by atoms with Crippen molar-refractivity contribution < 1.29 is 4.79 Å². The van der Waals surface area contributed by atoms with Gasteiger partial charge in [-0.25, -0.2) is 4.98 Å². The Kier molecular flexibility index (Phi) is 3.72. The molecule has 1 aromatic carbocycles. The molecule has 3 heterocycles. The molecule has 0 saturated carbocycles. The number of nitrogens with zero attached hydrogens (tertiary/aromatic N) is 5. The van der Waals surface area contributed by atoms with Gasteiger partial charge in [0, 0.05) is 18.9 Å². The van der Waals surface area contributed by atoms with Crippen LogP contribution in [0.4, 0.5) is 0 Å². The minimum atomic E-state index is 0.0290. The number of carbonyl (C=O) groups is 1. The van der Waals surface area contributed by atoms with E-state index in [9.17, 15) is 4.79 Å². The SMILES string of the molecule is Cc1nc2ccccc2n1CC(=O)N1CCCC1c1cnccn1. The number of aryl methyl sites for hydroxylation is 1. The molecule has 4 rings (SSSR count). The van der Waals surface area contributed by atoms with E-state index in [4.69, 9.17) is 0 Å². The Labute approximate surface area is 140 Å². The number of aromatic nitrogens is 4. The average molecular weight is 321 g/mol. The lowest BCUT2D eigenvalue weighted by Crippen LogP contribution is -2.34. The van der Waals surface area contributed by atoms with Gasteiger partial charge in [-0.1, -0.05) is 12.1 Å². The molecule has 0 aliphatic carbocycles. The first-order valence-corrected chi connectivity index (χ1v) is 8.21. The van der Waals surface area contributed by atoms with E-state index < -0.39 is 0 Å². The third-order valence-corrected chi connectivity index (χ3v) is 4.64. The highest BCUT2D eigenvalue weighted by molar-refractivity contribution is 5.81. The molecule has 1 unspecified atom stereocenters. The molecular weight excluding hydrogens is 302 g/mol.